The van der Waals surface area contributed by atoms with Crippen molar-refractivity contribution in [2.75, 3.05) is 19.7 Å². The van der Waals surface area contributed by atoms with Crippen LogP contribution in [0.2, 0.25) is 0 Å². The number of esters is 1. The third kappa shape index (κ3) is 16.3. The van der Waals surface area contributed by atoms with E-state index in [0.29, 0.717) is 0 Å². The van der Waals surface area contributed by atoms with Gasteiger partial charge in [0.15, 0.2) is 0 Å². The molecule has 1 unspecified atom stereocenters. The van der Waals surface area contributed by atoms with Gasteiger partial charge in [-0.15, -0.1) is 0 Å². The summed E-state index contributed by atoms with van der Waals surface area (Å²) in [4.78, 5) is 62.3. The largest absolute Gasteiger partial charge is 0.450 e. The van der Waals surface area contributed by atoms with Crippen LogP contribution in [0.4, 0.5) is 18.4 Å². The van der Waals surface area contributed by atoms with Crippen molar-refractivity contribution < 1.29 is 52.1 Å². The number of amides is 4. The third-order valence-electron chi connectivity index (χ3n) is 5.95. The zero-order valence-corrected chi connectivity index (χ0v) is 28.0. The summed E-state index contributed by atoms with van der Waals surface area (Å²) in [7, 11) is 0. The van der Waals surface area contributed by atoms with Gasteiger partial charge in [-0.1, -0.05) is 13.8 Å². The average molecular weight is 659 g/mol. The van der Waals surface area contributed by atoms with Gasteiger partial charge in [0.05, 0.1) is 6.61 Å². The van der Waals surface area contributed by atoms with E-state index in [1.807, 2.05) is 0 Å². The van der Waals surface area contributed by atoms with E-state index in [4.69, 9.17) is 14.2 Å². The van der Waals surface area contributed by atoms with E-state index in [1.54, 1.807) is 55.4 Å². The van der Waals surface area contributed by atoms with Crippen molar-refractivity contribution in [2.45, 2.75) is 105 Å². The van der Waals surface area contributed by atoms with Crippen molar-refractivity contribution in [2.24, 2.45) is 5.41 Å². The van der Waals surface area contributed by atoms with Gasteiger partial charge in [0, 0.05) is 32.5 Å². The van der Waals surface area contributed by atoms with Crippen molar-refractivity contribution in [3.05, 3.63) is 35.4 Å². The maximum absolute atomic E-state index is 14.3. The molecule has 5 N–H and O–H groups in total. The van der Waals surface area contributed by atoms with Crippen LogP contribution in [0.15, 0.2) is 18.2 Å². The standard InChI is InChI=1S/C31H48F2N4O9/c1-18(39)44-25(23(15-38)37-28(43)46-30(5,6)7)26(41)35-17-31(8,9)16-34-24(40)14-21(36-27(42)45-29(2,3)4)13-19-12-20(32)10-11-22(19)33/h10-12,21,23,25,38H,13-17H2,1-9H3,(H,34,40)(H,35,41)(H,36,42)(H,37,43)/t21?,23-,25+/m1/s1. The molecule has 1 aromatic rings. The summed E-state index contributed by atoms with van der Waals surface area (Å²) in [6.45, 7) is 13.6. The molecule has 0 radical (unpaired) electrons. The lowest BCUT2D eigenvalue weighted by molar-refractivity contribution is -0.156. The Balaban J connectivity index is 2.90. The summed E-state index contributed by atoms with van der Waals surface area (Å²) >= 11 is 0. The molecule has 0 aliphatic heterocycles. The van der Waals surface area contributed by atoms with E-state index >= 15 is 0 Å². The van der Waals surface area contributed by atoms with Crippen molar-refractivity contribution in [1.29, 1.82) is 0 Å². The van der Waals surface area contributed by atoms with Gasteiger partial charge in [-0.25, -0.2) is 18.4 Å². The zero-order chi connectivity index (χ0) is 35.5. The van der Waals surface area contributed by atoms with E-state index in [0.717, 1.165) is 25.1 Å². The highest BCUT2D eigenvalue weighted by atomic mass is 19.1. The maximum atomic E-state index is 14.3. The molecule has 0 heterocycles. The molecule has 3 atom stereocenters. The molecule has 4 amide bonds. The Morgan fingerprint density at radius 3 is 1.91 bits per heavy atom. The van der Waals surface area contributed by atoms with Gasteiger partial charge < -0.3 is 40.6 Å². The molecule has 0 aliphatic rings. The van der Waals surface area contributed by atoms with Crippen LogP contribution in [0.1, 0.15) is 74.3 Å². The van der Waals surface area contributed by atoms with E-state index in [9.17, 15) is 37.9 Å². The second-order valence-corrected chi connectivity index (χ2v) is 13.6. The molecule has 0 aliphatic carbocycles. The van der Waals surface area contributed by atoms with E-state index in [2.05, 4.69) is 21.3 Å². The average Bonchev–Trinajstić information content (AvgIpc) is 2.88. The van der Waals surface area contributed by atoms with Crippen LogP contribution in [0.5, 0.6) is 0 Å². The summed E-state index contributed by atoms with van der Waals surface area (Å²) in [6.07, 6.45) is -3.87. The molecule has 15 heteroatoms. The van der Waals surface area contributed by atoms with Crippen LogP contribution in [-0.2, 0) is 35.0 Å². The fraction of sp³-hybridized carbons (Fsp3) is 0.645. The Labute approximate surface area is 268 Å². The third-order valence-corrected chi connectivity index (χ3v) is 5.95. The van der Waals surface area contributed by atoms with Crippen LogP contribution in [0, 0.1) is 17.0 Å². The molecule has 0 fully saturated rings. The number of halogens is 2. The molecule has 0 aromatic heterocycles. The van der Waals surface area contributed by atoms with Crippen molar-refractivity contribution in [3.8, 4) is 0 Å². The number of hydrogen-bond donors (Lipinski definition) is 5. The van der Waals surface area contributed by atoms with Crippen LogP contribution in [0.3, 0.4) is 0 Å². The van der Waals surface area contributed by atoms with E-state index < -0.39 is 83.0 Å². The Hall–Kier alpha value is -4.01. The van der Waals surface area contributed by atoms with Crippen molar-refractivity contribution >= 4 is 30.0 Å². The van der Waals surface area contributed by atoms with Crippen LogP contribution in [-0.4, -0.2) is 84.2 Å². The summed E-state index contributed by atoms with van der Waals surface area (Å²) in [6, 6.07) is 0.619. The molecule has 46 heavy (non-hydrogen) atoms. The first kappa shape index (κ1) is 40.0. The fourth-order valence-electron chi connectivity index (χ4n) is 3.91. The minimum atomic E-state index is -1.59. The Morgan fingerprint density at radius 1 is 0.848 bits per heavy atom. The summed E-state index contributed by atoms with van der Waals surface area (Å²) in [5.41, 5.74) is -2.52. The number of aliphatic hydroxyl groups excluding tert-OH is 1. The van der Waals surface area contributed by atoms with Gasteiger partial charge >= 0.3 is 18.2 Å². The predicted octanol–water partition coefficient (Wildman–Crippen LogP) is 2.87. The summed E-state index contributed by atoms with van der Waals surface area (Å²) < 4.78 is 43.6. The number of ether oxygens (including phenoxy) is 3. The predicted molar refractivity (Wildman–Crippen MR) is 163 cm³/mol. The highest BCUT2D eigenvalue weighted by molar-refractivity contribution is 5.85. The number of alkyl carbamates (subject to hydrolysis) is 2. The van der Waals surface area contributed by atoms with Crippen LogP contribution in [0.25, 0.3) is 0 Å². The summed E-state index contributed by atoms with van der Waals surface area (Å²) in [5.74, 6) is -3.56. The first-order valence-electron chi connectivity index (χ1n) is 14.8. The molecule has 0 saturated carbocycles. The second kappa shape index (κ2) is 17.1. The minimum absolute atomic E-state index is 0.0252. The van der Waals surface area contributed by atoms with Gasteiger partial charge in [0.25, 0.3) is 5.91 Å². The topological polar surface area (TPSA) is 181 Å². The Bertz CT molecular complexity index is 1230. The van der Waals surface area contributed by atoms with E-state index in [-0.39, 0.29) is 31.5 Å². The highest BCUT2D eigenvalue weighted by Crippen LogP contribution is 2.16. The molecule has 0 saturated heterocycles. The number of hydrogen-bond acceptors (Lipinski definition) is 9. The number of nitrogens with one attached hydrogen (secondary N) is 4. The highest BCUT2D eigenvalue weighted by Gasteiger charge is 2.34. The van der Waals surface area contributed by atoms with Gasteiger partial charge in [-0.05, 0) is 77.1 Å². The second-order valence-electron chi connectivity index (χ2n) is 13.6. The number of carbonyl (C=O) groups is 5. The van der Waals surface area contributed by atoms with Gasteiger partial charge in [-0.2, -0.15) is 0 Å². The van der Waals surface area contributed by atoms with Gasteiger partial charge in [0.2, 0.25) is 12.0 Å². The normalized spacial score (nSPS) is 13.8. The van der Waals surface area contributed by atoms with E-state index in [1.165, 1.54) is 0 Å². The molecule has 13 nitrogen and oxygen atoms in total. The fourth-order valence-corrected chi connectivity index (χ4v) is 3.91. The number of rotatable bonds is 14. The molecule has 0 bridgehead atoms. The molecule has 1 rings (SSSR count). The lowest BCUT2D eigenvalue weighted by atomic mass is 9.93. The minimum Gasteiger partial charge on any atom is -0.450 e. The number of benzene rings is 1. The Kier molecular flexibility index (Phi) is 14.8. The quantitative estimate of drug-likeness (QED) is 0.148. The molecule has 260 valence electrons. The first-order valence-corrected chi connectivity index (χ1v) is 14.8. The maximum Gasteiger partial charge on any atom is 0.408 e. The lowest BCUT2D eigenvalue weighted by Gasteiger charge is -2.30. The first-order chi connectivity index (χ1) is 21.0. The van der Waals surface area contributed by atoms with Gasteiger partial charge in [-0.3, -0.25) is 14.4 Å². The zero-order valence-electron chi connectivity index (χ0n) is 28.0. The van der Waals surface area contributed by atoms with Crippen molar-refractivity contribution in [1.82, 2.24) is 21.3 Å². The van der Waals surface area contributed by atoms with Crippen LogP contribution < -0.4 is 21.3 Å². The smallest absolute Gasteiger partial charge is 0.408 e. The molecular formula is C31H48F2N4O9. The summed E-state index contributed by atoms with van der Waals surface area (Å²) in [5, 5.41) is 20.0. The SMILES string of the molecule is CC(=O)O[C@H](C(=O)NCC(C)(C)CNC(=O)CC(Cc1cc(F)ccc1F)NC(=O)OC(C)(C)C)[C@@H](CO)NC(=O)OC(C)(C)C. The number of carbonyl (C=O) groups excluding carboxylic acids is 5. The van der Waals surface area contributed by atoms with Crippen LogP contribution >= 0.6 is 0 Å². The monoisotopic (exact) mass is 658 g/mol. The number of aliphatic hydroxyl groups is 1. The van der Waals surface area contributed by atoms with Gasteiger partial charge in [0.1, 0.15) is 28.9 Å². The van der Waals surface area contributed by atoms with Crippen molar-refractivity contribution in [3.63, 3.8) is 0 Å². The molecule has 1 aromatic carbocycles. The Morgan fingerprint density at radius 2 is 1.39 bits per heavy atom. The molecular weight excluding hydrogens is 610 g/mol. The molecule has 0 spiro atoms. The lowest BCUT2D eigenvalue weighted by Crippen LogP contribution is -2.56.